The monoisotopic (exact) mass is 559 g/mol. The fraction of sp³-hybridized carbons (Fsp3) is 0.467. The zero-order valence-corrected chi connectivity index (χ0v) is 24.2. The lowest BCUT2D eigenvalue weighted by atomic mass is 9.81. The summed E-state index contributed by atoms with van der Waals surface area (Å²) in [5.41, 5.74) is 3.19. The average Bonchev–Trinajstić information content (AvgIpc) is 2.89. The van der Waals surface area contributed by atoms with Gasteiger partial charge in [-0.25, -0.2) is 13.2 Å². The van der Waals surface area contributed by atoms with Gasteiger partial charge in [-0.05, 0) is 57.6 Å². The van der Waals surface area contributed by atoms with Crippen LogP contribution in [0.5, 0.6) is 5.75 Å². The Morgan fingerprint density at radius 1 is 1.30 bits per heavy atom. The van der Waals surface area contributed by atoms with Crippen molar-refractivity contribution in [2.75, 3.05) is 34.3 Å². The number of rotatable bonds is 13. The third-order valence-electron chi connectivity index (χ3n) is 6.95. The number of carbonyl (C=O) groups is 1. The standard InChI is InChI=1S/C30H40F3N5O2/c1-8-10-37(20(4)34-5)16-21-11-22(17-36(6)7)29-23(13-28(32)33)18-38(30(39)24(29)12-21)19(3)26-14-27(40-9-2)25(31)15-35-26/h8,10-12,14-15,19,23,28,34H,4,9,13,16-18H2,1-3,5-7H3/b10-8-. The van der Waals surface area contributed by atoms with E-state index in [4.69, 9.17) is 4.74 Å². The molecule has 7 nitrogen and oxygen atoms in total. The van der Waals surface area contributed by atoms with Crippen molar-refractivity contribution in [3.63, 3.8) is 0 Å². The molecule has 0 spiro atoms. The van der Waals surface area contributed by atoms with Crippen molar-refractivity contribution in [3.05, 3.63) is 82.8 Å². The quantitative estimate of drug-likeness (QED) is 0.342. The van der Waals surface area contributed by atoms with Crippen LogP contribution in [-0.2, 0) is 13.1 Å². The van der Waals surface area contributed by atoms with Gasteiger partial charge in [-0.3, -0.25) is 9.78 Å². The van der Waals surface area contributed by atoms with Crippen LogP contribution >= 0.6 is 0 Å². The lowest BCUT2D eigenvalue weighted by Gasteiger charge is -2.39. The highest BCUT2D eigenvalue weighted by Gasteiger charge is 2.38. The predicted molar refractivity (Wildman–Crippen MR) is 151 cm³/mol. The van der Waals surface area contributed by atoms with Crippen LogP contribution in [0.3, 0.4) is 0 Å². The minimum Gasteiger partial charge on any atom is -0.491 e. The topological polar surface area (TPSA) is 60.9 Å². The summed E-state index contributed by atoms with van der Waals surface area (Å²) in [7, 11) is 5.60. The fourth-order valence-electron chi connectivity index (χ4n) is 5.16. The summed E-state index contributed by atoms with van der Waals surface area (Å²) in [6.07, 6.45) is 1.91. The number of halogens is 3. The zero-order chi connectivity index (χ0) is 29.6. The highest BCUT2D eigenvalue weighted by atomic mass is 19.3. The molecule has 1 aromatic heterocycles. The molecule has 1 N–H and O–H groups in total. The Bertz CT molecular complexity index is 1230. The molecule has 0 bridgehead atoms. The smallest absolute Gasteiger partial charge is 0.254 e. The van der Waals surface area contributed by atoms with Crippen LogP contribution in [-0.4, -0.2) is 66.3 Å². The van der Waals surface area contributed by atoms with Gasteiger partial charge in [0.25, 0.3) is 5.91 Å². The normalized spacial score (nSPS) is 16.0. The number of nitrogens with one attached hydrogen (secondary N) is 1. The van der Waals surface area contributed by atoms with Crippen LogP contribution in [0, 0.1) is 5.82 Å². The number of nitrogens with zero attached hydrogens (tertiary/aromatic N) is 4. The molecule has 2 atom stereocenters. The first kappa shape index (κ1) is 31.0. The number of amides is 1. The maximum atomic E-state index is 14.2. The van der Waals surface area contributed by atoms with E-state index in [1.54, 1.807) is 31.9 Å². The Morgan fingerprint density at radius 3 is 2.62 bits per heavy atom. The van der Waals surface area contributed by atoms with Gasteiger partial charge in [0.1, 0.15) is 0 Å². The van der Waals surface area contributed by atoms with Crippen LogP contribution in [0.25, 0.3) is 0 Å². The van der Waals surface area contributed by atoms with Crippen molar-refractivity contribution in [2.24, 2.45) is 0 Å². The Morgan fingerprint density at radius 2 is 2.02 bits per heavy atom. The van der Waals surface area contributed by atoms with Gasteiger partial charge in [-0.2, -0.15) is 0 Å². The van der Waals surface area contributed by atoms with E-state index in [0.717, 1.165) is 17.3 Å². The van der Waals surface area contributed by atoms with Gasteiger partial charge in [0.15, 0.2) is 11.6 Å². The third kappa shape index (κ3) is 7.15. The molecule has 0 saturated heterocycles. The first-order valence-corrected chi connectivity index (χ1v) is 13.4. The van der Waals surface area contributed by atoms with E-state index in [9.17, 15) is 18.0 Å². The molecule has 0 aliphatic carbocycles. The number of aromatic nitrogens is 1. The molecule has 1 aromatic carbocycles. The number of carbonyl (C=O) groups excluding carboxylic acids is 1. The number of alkyl halides is 2. The van der Waals surface area contributed by atoms with E-state index in [1.807, 2.05) is 49.2 Å². The van der Waals surface area contributed by atoms with Crippen LogP contribution in [0.15, 0.2) is 49.1 Å². The summed E-state index contributed by atoms with van der Waals surface area (Å²) < 4.78 is 47.4. The second-order valence-electron chi connectivity index (χ2n) is 10.2. The summed E-state index contributed by atoms with van der Waals surface area (Å²) in [5, 5.41) is 3.04. The van der Waals surface area contributed by atoms with E-state index in [0.29, 0.717) is 35.7 Å². The van der Waals surface area contributed by atoms with Gasteiger partial charge in [0, 0.05) is 56.9 Å². The van der Waals surface area contributed by atoms with Crippen LogP contribution in [0.1, 0.15) is 71.9 Å². The largest absolute Gasteiger partial charge is 0.491 e. The van der Waals surface area contributed by atoms with Crippen LogP contribution in [0.2, 0.25) is 0 Å². The Labute approximate surface area is 235 Å². The van der Waals surface area contributed by atoms with E-state index in [1.165, 1.54) is 6.07 Å². The summed E-state index contributed by atoms with van der Waals surface area (Å²) in [5.74, 6) is -0.739. The van der Waals surface area contributed by atoms with Crippen molar-refractivity contribution in [2.45, 2.75) is 58.7 Å². The first-order chi connectivity index (χ1) is 19.0. The molecule has 10 heteroatoms. The van der Waals surface area contributed by atoms with Crippen molar-refractivity contribution in [3.8, 4) is 5.75 Å². The Kier molecular flexibility index (Phi) is 10.6. The molecule has 0 fully saturated rings. The minimum atomic E-state index is -2.55. The van der Waals surface area contributed by atoms with E-state index in [-0.39, 0.29) is 31.2 Å². The van der Waals surface area contributed by atoms with Gasteiger partial charge in [-0.15, -0.1) is 0 Å². The fourth-order valence-corrected chi connectivity index (χ4v) is 5.16. The number of hydrogen-bond donors (Lipinski definition) is 1. The molecule has 40 heavy (non-hydrogen) atoms. The van der Waals surface area contributed by atoms with Crippen LogP contribution < -0.4 is 10.1 Å². The minimum absolute atomic E-state index is 0.0396. The molecule has 218 valence electrons. The molecule has 3 rings (SSSR count). The second kappa shape index (κ2) is 13.7. The van der Waals surface area contributed by atoms with Crippen molar-refractivity contribution < 1.29 is 22.7 Å². The first-order valence-electron chi connectivity index (χ1n) is 13.4. The van der Waals surface area contributed by atoms with Crippen molar-refractivity contribution in [1.29, 1.82) is 0 Å². The van der Waals surface area contributed by atoms with Crippen LogP contribution in [0.4, 0.5) is 13.2 Å². The second-order valence-corrected chi connectivity index (χ2v) is 10.2. The number of pyridine rings is 1. The number of allylic oxidation sites excluding steroid dienone is 1. The summed E-state index contributed by atoms with van der Waals surface area (Å²) in [6.45, 7) is 10.8. The number of ether oxygens (including phenoxy) is 1. The molecule has 2 aromatic rings. The predicted octanol–water partition coefficient (Wildman–Crippen LogP) is 5.66. The molecule has 2 heterocycles. The molecule has 1 amide bonds. The maximum absolute atomic E-state index is 14.2. The number of fused-ring (bicyclic) bond motifs is 1. The summed E-state index contributed by atoms with van der Waals surface area (Å²) in [6, 6.07) is 4.68. The highest BCUT2D eigenvalue weighted by Crippen LogP contribution is 2.40. The molecular weight excluding hydrogens is 519 g/mol. The van der Waals surface area contributed by atoms with Gasteiger partial charge in [0.05, 0.1) is 30.4 Å². The lowest BCUT2D eigenvalue weighted by molar-refractivity contribution is 0.0591. The average molecular weight is 560 g/mol. The zero-order valence-electron chi connectivity index (χ0n) is 24.2. The highest BCUT2D eigenvalue weighted by molar-refractivity contribution is 5.98. The number of hydrogen-bond acceptors (Lipinski definition) is 6. The third-order valence-corrected chi connectivity index (χ3v) is 6.95. The summed E-state index contributed by atoms with van der Waals surface area (Å²) in [4.78, 5) is 23.7. The molecular formula is C30H40F3N5O2. The molecule has 1 aliphatic heterocycles. The van der Waals surface area contributed by atoms with Gasteiger partial charge >= 0.3 is 0 Å². The van der Waals surface area contributed by atoms with E-state index in [2.05, 4.69) is 16.9 Å². The van der Waals surface area contributed by atoms with Crippen molar-refractivity contribution >= 4 is 5.91 Å². The maximum Gasteiger partial charge on any atom is 0.254 e. The lowest BCUT2D eigenvalue weighted by Crippen LogP contribution is -2.43. The number of benzene rings is 1. The molecule has 2 unspecified atom stereocenters. The van der Waals surface area contributed by atoms with Gasteiger partial charge < -0.3 is 24.8 Å². The van der Waals surface area contributed by atoms with E-state index >= 15 is 0 Å². The van der Waals surface area contributed by atoms with Gasteiger partial charge in [0.2, 0.25) is 6.43 Å². The Balaban J connectivity index is 2.13. The van der Waals surface area contributed by atoms with Crippen molar-refractivity contribution in [1.82, 2.24) is 25.0 Å². The van der Waals surface area contributed by atoms with E-state index < -0.39 is 24.2 Å². The molecule has 1 aliphatic rings. The summed E-state index contributed by atoms with van der Waals surface area (Å²) >= 11 is 0. The molecule has 0 saturated carbocycles. The SMILES string of the molecule is C=C(NC)N(/C=C\C)Cc1cc(CN(C)C)c2c(c1)C(=O)N(C(C)c1cc(OCC)c(F)cn1)CC2CC(F)F. The van der Waals surface area contributed by atoms with Gasteiger partial charge in [-0.1, -0.05) is 18.7 Å². The Hall–Kier alpha value is -3.53. The molecule has 0 radical (unpaired) electrons.